The Hall–Kier alpha value is -1.72. The van der Waals surface area contributed by atoms with Gasteiger partial charge in [0.2, 0.25) is 0 Å². The van der Waals surface area contributed by atoms with Gasteiger partial charge in [0.25, 0.3) is 5.69 Å². The first kappa shape index (κ1) is 13.3. The van der Waals surface area contributed by atoms with Gasteiger partial charge in [0.05, 0.1) is 4.92 Å². The number of nitro groups is 1. The molecular weight excluding hydrogens is 272 g/mol. The van der Waals surface area contributed by atoms with E-state index in [2.05, 4.69) is 22.4 Å². The smallest absolute Gasteiger partial charge is 0.269 e. The zero-order valence-electron chi connectivity index (χ0n) is 11.1. The van der Waals surface area contributed by atoms with Crippen LogP contribution in [0.25, 0.3) is 0 Å². The zero-order chi connectivity index (χ0) is 13.9. The summed E-state index contributed by atoms with van der Waals surface area (Å²) in [4.78, 5) is 14.1. The number of thiophene rings is 1. The van der Waals surface area contributed by atoms with E-state index in [9.17, 15) is 10.1 Å². The average molecular weight is 288 g/mol. The maximum Gasteiger partial charge on any atom is 0.269 e. The molecule has 0 aliphatic heterocycles. The molecule has 1 aliphatic rings. The molecule has 20 heavy (non-hydrogen) atoms. The minimum absolute atomic E-state index is 0.157. The predicted molar refractivity (Wildman–Crippen MR) is 79.7 cm³/mol. The van der Waals surface area contributed by atoms with Gasteiger partial charge in [-0.05, 0) is 29.9 Å². The maximum absolute atomic E-state index is 10.7. The van der Waals surface area contributed by atoms with Gasteiger partial charge < -0.3 is 0 Å². The fraction of sp³-hybridized carbons (Fsp3) is 0.333. The quantitative estimate of drug-likeness (QED) is 0.599. The van der Waals surface area contributed by atoms with Crippen molar-refractivity contribution in [1.82, 2.24) is 4.90 Å². The summed E-state index contributed by atoms with van der Waals surface area (Å²) in [5.74, 6) is 0. The summed E-state index contributed by atoms with van der Waals surface area (Å²) in [7, 11) is 0. The lowest BCUT2D eigenvalue weighted by Crippen LogP contribution is -2.24. The predicted octanol–water partition coefficient (Wildman–Crippen LogP) is 3.82. The normalized spacial score (nSPS) is 14.7. The highest BCUT2D eigenvalue weighted by atomic mass is 32.1. The van der Waals surface area contributed by atoms with Crippen LogP contribution in [0.3, 0.4) is 0 Å². The van der Waals surface area contributed by atoms with E-state index in [-0.39, 0.29) is 10.6 Å². The molecule has 0 bridgehead atoms. The van der Waals surface area contributed by atoms with Crippen molar-refractivity contribution >= 4 is 17.0 Å². The number of rotatable bonds is 6. The van der Waals surface area contributed by atoms with E-state index < -0.39 is 0 Å². The Bertz CT molecular complexity index is 576. The molecule has 0 saturated heterocycles. The lowest BCUT2D eigenvalue weighted by atomic mass is 10.2. The molecule has 1 aliphatic carbocycles. The molecular formula is C15H16N2O2S. The zero-order valence-corrected chi connectivity index (χ0v) is 11.9. The van der Waals surface area contributed by atoms with Crippen LogP contribution in [0.5, 0.6) is 0 Å². The van der Waals surface area contributed by atoms with Gasteiger partial charge in [-0.1, -0.05) is 18.2 Å². The van der Waals surface area contributed by atoms with Crippen molar-refractivity contribution in [2.45, 2.75) is 32.0 Å². The number of nitrogens with zero attached hydrogens (tertiary/aromatic N) is 2. The second-order valence-corrected chi connectivity index (χ2v) is 6.17. The largest absolute Gasteiger partial charge is 0.291 e. The topological polar surface area (TPSA) is 46.4 Å². The van der Waals surface area contributed by atoms with Crippen LogP contribution < -0.4 is 0 Å². The summed E-state index contributed by atoms with van der Waals surface area (Å²) in [6, 6.07) is 11.8. The third-order valence-electron chi connectivity index (χ3n) is 3.54. The lowest BCUT2D eigenvalue weighted by molar-refractivity contribution is -0.384. The number of benzene rings is 1. The van der Waals surface area contributed by atoms with Crippen LogP contribution in [-0.2, 0) is 13.1 Å². The van der Waals surface area contributed by atoms with Crippen LogP contribution in [0, 0.1) is 10.1 Å². The van der Waals surface area contributed by atoms with Gasteiger partial charge in [-0.25, -0.2) is 0 Å². The van der Waals surface area contributed by atoms with Gasteiger partial charge in [-0.3, -0.25) is 15.0 Å². The molecule has 0 N–H and O–H groups in total. The Balaban J connectivity index is 1.68. The summed E-state index contributed by atoms with van der Waals surface area (Å²) in [6.45, 7) is 1.83. The third kappa shape index (κ3) is 3.23. The van der Waals surface area contributed by atoms with E-state index in [1.807, 2.05) is 12.1 Å². The SMILES string of the molecule is O=[N+]([O-])c1ccc(CN(Cc2cccs2)C2CC2)cc1. The van der Waals surface area contributed by atoms with Gasteiger partial charge in [0.1, 0.15) is 0 Å². The molecule has 1 fully saturated rings. The van der Waals surface area contributed by atoms with Crippen LogP contribution in [0.1, 0.15) is 23.3 Å². The van der Waals surface area contributed by atoms with Crippen molar-refractivity contribution in [1.29, 1.82) is 0 Å². The van der Waals surface area contributed by atoms with Gasteiger partial charge in [0, 0.05) is 36.1 Å². The Morgan fingerprint density at radius 2 is 1.95 bits per heavy atom. The molecule has 0 radical (unpaired) electrons. The lowest BCUT2D eigenvalue weighted by Gasteiger charge is -2.21. The van der Waals surface area contributed by atoms with E-state index in [1.165, 1.54) is 17.7 Å². The monoisotopic (exact) mass is 288 g/mol. The summed E-state index contributed by atoms with van der Waals surface area (Å²) in [5.41, 5.74) is 1.30. The molecule has 3 rings (SSSR count). The third-order valence-corrected chi connectivity index (χ3v) is 4.40. The van der Waals surface area contributed by atoms with E-state index in [1.54, 1.807) is 23.5 Å². The van der Waals surface area contributed by atoms with E-state index >= 15 is 0 Å². The van der Waals surface area contributed by atoms with Crippen molar-refractivity contribution in [2.24, 2.45) is 0 Å². The molecule has 5 heteroatoms. The molecule has 1 aromatic heterocycles. The molecule has 0 amide bonds. The molecule has 4 nitrogen and oxygen atoms in total. The Labute approximate surface area is 121 Å². The second kappa shape index (κ2) is 5.73. The first-order chi connectivity index (χ1) is 9.72. The first-order valence-electron chi connectivity index (χ1n) is 6.72. The Kier molecular flexibility index (Phi) is 3.80. The number of hydrogen-bond acceptors (Lipinski definition) is 4. The van der Waals surface area contributed by atoms with Crippen LogP contribution >= 0.6 is 11.3 Å². The minimum atomic E-state index is -0.353. The molecule has 1 heterocycles. The number of nitro benzene ring substituents is 1. The van der Waals surface area contributed by atoms with Gasteiger partial charge in [-0.15, -0.1) is 11.3 Å². The second-order valence-electron chi connectivity index (χ2n) is 5.14. The van der Waals surface area contributed by atoms with Crippen molar-refractivity contribution in [3.05, 3.63) is 62.3 Å². The van der Waals surface area contributed by atoms with Crippen molar-refractivity contribution in [3.8, 4) is 0 Å². The maximum atomic E-state index is 10.7. The fourth-order valence-corrected chi connectivity index (χ4v) is 3.04. The highest BCUT2D eigenvalue weighted by Crippen LogP contribution is 2.30. The summed E-state index contributed by atoms with van der Waals surface area (Å²) < 4.78 is 0. The van der Waals surface area contributed by atoms with Crippen LogP contribution in [-0.4, -0.2) is 15.9 Å². The Morgan fingerprint density at radius 1 is 1.20 bits per heavy atom. The van der Waals surface area contributed by atoms with Gasteiger partial charge in [-0.2, -0.15) is 0 Å². The highest BCUT2D eigenvalue weighted by molar-refractivity contribution is 7.09. The molecule has 0 unspecified atom stereocenters. The molecule has 1 aromatic carbocycles. The fourth-order valence-electron chi connectivity index (χ4n) is 2.31. The van der Waals surface area contributed by atoms with Crippen LogP contribution in [0.15, 0.2) is 41.8 Å². The average Bonchev–Trinajstić information content (AvgIpc) is 3.17. The summed E-state index contributed by atoms with van der Waals surface area (Å²) in [6.07, 6.45) is 2.52. The van der Waals surface area contributed by atoms with Crippen molar-refractivity contribution in [2.75, 3.05) is 0 Å². The van der Waals surface area contributed by atoms with E-state index in [0.717, 1.165) is 18.7 Å². The van der Waals surface area contributed by atoms with Crippen molar-refractivity contribution in [3.63, 3.8) is 0 Å². The molecule has 2 aromatic rings. The standard InChI is InChI=1S/C15H16N2O2S/c18-17(19)14-5-3-12(4-6-14)10-16(13-7-8-13)11-15-2-1-9-20-15/h1-6,9,13H,7-8,10-11H2. The first-order valence-corrected chi connectivity index (χ1v) is 7.60. The minimum Gasteiger partial charge on any atom is -0.291 e. The number of hydrogen-bond donors (Lipinski definition) is 0. The molecule has 104 valence electrons. The van der Waals surface area contributed by atoms with Crippen LogP contribution in [0.2, 0.25) is 0 Å². The van der Waals surface area contributed by atoms with Gasteiger partial charge >= 0.3 is 0 Å². The highest BCUT2D eigenvalue weighted by Gasteiger charge is 2.29. The van der Waals surface area contributed by atoms with Crippen molar-refractivity contribution < 1.29 is 4.92 Å². The van der Waals surface area contributed by atoms with E-state index in [0.29, 0.717) is 6.04 Å². The Morgan fingerprint density at radius 3 is 2.50 bits per heavy atom. The molecule has 0 atom stereocenters. The summed E-state index contributed by atoms with van der Waals surface area (Å²) in [5, 5.41) is 12.8. The van der Waals surface area contributed by atoms with Gasteiger partial charge in [0.15, 0.2) is 0 Å². The van der Waals surface area contributed by atoms with E-state index in [4.69, 9.17) is 0 Å². The molecule has 0 spiro atoms. The number of non-ortho nitro benzene ring substituents is 1. The molecule has 1 saturated carbocycles. The summed E-state index contributed by atoms with van der Waals surface area (Å²) >= 11 is 1.78. The van der Waals surface area contributed by atoms with Crippen LogP contribution in [0.4, 0.5) is 5.69 Å².